The summed E-state index contributed by atoms with van der Waals surface area (Å²) in [5.74, 6) is 0.407. The number of esters is 1. The van der Waals surface area contributed by atoms with Gasteiger partial charge in [-0.1, -0.05) is 54.6 Å². The van der Waals surface area contributed by atoms with Gasteiger partial charge in [0.15, 0.2) is 0 Å². The van der Waals surface area contributed by atoms with Gasteiger partial charge in [-0.3, -0.25) is 14.5 Å². The van der Waals surface area contributed by atoms with Gasteiger partial charge in [0, 0.05) is 25.2 Å². The van der Waals surface area contributed by atoms with Crippen molar-refractivity contribution in [3.8, 4) is 5.75 Å². The lowest BCUT2D eigenvalue weighted by Crippen LogP contribution is -2.53. The van der Waals surface area contributed by atoms with Gasteiger partial charge < -0.3 is 24.4 Å². The second-order valence-corrected chi connectivity index (χ2v) is 11.6. The van der Waals surface area contributed by atoms with Crippen molar-refractivity contribution in [2.24, 2.45) is 11.8 Å². The predicted octanol–water partition coefficient (Wildman–Crippen LogP) is 4.42. The van der Waals surface area contributed by atoms with Gasteiger partial charge in [0.1, 0.15) is 18.5 Å². The first-order chi connectivity index (χ1) is 21.0. The van der Waals surface area contributed by atoms with Gasteiger partial charge in [-0.05, 0) is 72.8 Å². The van der Waals surface area contributed by atoms with Crippen LogP contribution in [0.25, 0.3) is 0 Å². The van der Waals surface area contributed by atoms with Crippen molar-refractivity contribution in [3.63, 3.8) is 0 Å². The lowest BCUT2D eigenvalue weighted by Gasteiger charge is -2.43. The summed E-state index contributed by atoms with van der Waals surface area (Å²) < 4.78 is 16.8. The average Bonchev–Trinajstić information content (AvgIpc) is 3.03. The fraction of sp³-hybridized carbons (Fsp3) is 0.382. The first-order valence-corrected chi connectivity index (χ1v) is 14.9. The van der Waals surface area contributed by atoms with E-state index in [2.05, 4.69) is 10.2 Å². The molecule has 3 aromatic carbocycles. The molecule has 4 heterocycles. The van der Waals surface area contributed by atoms with E-state index in [4.69, 9.17) is 14.2 Å². The molecule has 3 aromatic rings. The topological polar surface area (TPSA) is 97.4 Å². The van der Waals surface area contributed by atoms with Gasteiger partial charge >= 0.3 is 12.1 Å². The van der Waals surface area contributed by atoms with E-state index >= 15 is 0 Å². The molecule has 0 unspecified atom stereocenters. The van der Waals surface area contributed by atoms with E-state index in [0.717, 1.165) is 49.2 Å². The number of likely N-dealkylation sites (tertiary alicyclic amines) is 1. The number of fused-ring (bicyclic) bond motifs is 3. The molecule has 43 heavy (non-hydrogen) atoms. The van der Waals surface area contributed by atoms with Crippen LogP contribution in [0, 0.1) is 11.8 Å². The summed E-state index contributed by atoms with van der Waals surface area (Å²) in [4.78, 5) is 41.7. The summed E-state index contributed by atoms with van der Waals surface area (Å²) >= 11 is 0. The van der Waals surface area contributed by atoms with E-state index in [1.165, 1.54) is 7.11 Å². The van der Waals surface area contributed by atoms with Crippen LogP contribution in [0.2, 0.25) is 0 Å². The Morgan fingerprint density at radius 3 is 2.35 bits per heavy atom. The number of piperidine rings is 3. The van der Waals surface area contributed by atoms with Crippen molar-refractivity contribution >= 4 is 18.0 Å². The number of nitrogens with zero attached hydrogens (tertiary/aromatic N) is 2. The van der Waals surface area contributed by atoms with Crippen LogP contribution in [0.5, 0.6) is 5.75 Å². The van der Waals surface area contributed by atoms with E-state index in [0.29, 0.717) is 30.3 Å². The van der Waals surface area contributed by atoms with Crippen molar-refractivity contribution in [1.29, 1.82) is 0 Å². The van der Waals surface area contributed by atoms with Gasteiger partial charge in [0.25, 0.3) is 5.91 Å². The molecule has 2 bridgehead atoms. The third-order valence-corrected chi connectivity index (χ3v) is 8.72. The zero-order valence-electron chi connectivity index (χ0n) is 24.3. The summed E-state index contributed by atoms with van der Waals surface area (Å²) in [6, 6.07) is 24.4. The smallest absolute Gasteiger partial charge is 0.408 e. The van der Waals surface area contributed by atoms with Crippen LogP contribution in [-0.4, -0.2) is 73.7 Å². The summed E-state index contributed by atoms with van der Waals surface area (Å²) in [6.45, 7) is 3.96. The molecule has 224 valence electrons. The molecule has 4 aliphatic heterocycles. The summed E-state index contributed by atoms with van der Waals surface area (Å²) in [6.07, 6.45) is 1.65. The van der Waals surface area contributed by atoms with E-state index in [9.17, 15) is 14.4 Å². The number of hydrogen-bond acceptors (Lipinski definition) is 7. The molecule has 9 nitrogen and oxygen atoms in total. The zero-order chi connectivity index (χ0) is 29.8. The molecule has 2 atom stereocenters. The Morgan fingerprint density at radius 2 is 1.63 bits per heavy atom. The molecule has 1 N–H and O–H groups in total. The predicted molar refractivity (Wildman–Crippen MR) is 159 cm³/mol. The number of hydrogen-bond donors (Lipinski definition) is 1. The van der Waals surface area contributed by atoms with Gasteiger partial charge in [-0.15, -0.1) is 0 Å². The van der Waals surface area contributed by atoms with E-state index < -0.39 is 12.1 Å². The number of nitrogens with one attached hydrogen (secondary N) is 1. The van der Waals surface area contributed by atoms with Crippen molar-refractivity contribution in [2.75, 3.05) is 39.8 Å². The SMILES string of the molecule is COC(=O)C1CN(C(=O)c2cccc(COc3cccc([C@@H](NC(=O)O[C@H]4CN5CCC4CC5)c4ccccc4)c3)c2)C1. The monoisotopic (exact) mass is 583 g/mol. The van der Waals surface area contributed by atoms with Crippen molar-refractivity contribution < 1.29 is 28.6 Å². The summed E-state index contributed by atoms with van der Waals surface area (Å²) in [7, 11) is 1.36. The maximum absolute atomic E-state index is 13.1. The van der Waals surface area contributed by atoms with Crippen LogP contribution >= 0.6 is 0 Å². The Bertz CT molecular complexity index is 1450. The van der Waals surface area contributed by atoms with Crippen molar-refractivity contribution in [1.82, 2.24) is 15.1 Å². The molecule has 9 heteroatoms. The Morgan fingerprint density at radius 1 is 0.884 bits per heavy atom. The highest BCUT2D eigenvalue weighted by Crippen LogP contribution is 2.31. The normalized spacial score (nSPS) is 21.8. The minimum absolute atomic E-state index is 0.0772. The molecule has 4 saturated heterocycles. The molecule has 0 aliphatic carbocycles. The minimum atomic E-state index is -0.416. The molecule has 0 radical (unpaired) electrons. The third-order valence-electron chi connectivity index (χ3n) is 8.72. The molecule has 0 aromatic heterocycles. The first kappa shape index (κ1) is 28.7. The van der Waals surface area contributed by atoms with Crippen LogP contribution in [0.4, 0.5) is 4.79 Å². The molecular formula is C34H37N3O6. The lowest BCUT2D eigenvalue weighted by atomic mass is 9.86. The highest BCUT2D eigenvalue weighted by atomic mass is 16.6. The minimum Gasteiger partial charge on any atom is -0.489 e. The lowest BCUT2D eigenvalue weighted by molar-refractivity contribution is -0.149. The fourth-order valence-electron chi connectivity index (χ4n) is 6.23. The fourth-order valence-corrected chi connectivity index (χ4v) is 6.23. The first-order valence-electron chi connectivity index (χ1n) is 14.9. The Balaban J connectivity index is 1.11. The van der Waals surface area contributed by atoms with Crippen molar-refractivity contribution in [2.45, 2.75) is 31.6 Å². The van der Waals surface area contributed by atoms with Crippen LogP contribution in [0.15, 0.2) is 78.9 Å². The largest absolute Gasteiger partial charge is 0.489 e. The number of alkyl carbamates (subject to hydrolysis) is 1. The molecule has 4 aliphatic rings. The number of methoxy groups -OCH3 is 1. The second kappa shape index (κ2) is 12.9. The van der Waals surface area contributed by atoms with Crippen LogP contribution in [-0.2, 0) is 20.9 Å². The van der Waals surface area contributed by atoms with Crippen LogP contribution in [0.1, 0.15) is 45.9 Å². The quantitative estimate of drug-likeness (QED) is 0.373. The molecule has 0 saturated carbocycles. The van der Waals surface area contributed by atoms with Gasteiger partial charge in [-0.25, -0.2) is 4.79 Å². The van der Waals surface area contributed by atoms with Crippen molar-refractivity contribution in [3.05, 3.63) is 101 Å². The van der Waals surface area contributed by atoms with Crippen LogP contribution < -0.4 is 10.1 Å². The van der Waals surface area contributed by atoms with Crippen LogP contribution in [0.3, 0.4) is 0 Å². The molecule has 4 fully saturated rings. The number of benzene rings is 3. The van der Waals surface area contributed by atoms with E-state index in [1.807, 2.05) is 72.8 Å². The number of rotatable bonds is 9. The maximum atomic E-state index is 13.1. The molecule has 2 amide bonds. The number of amides is 2. The molecule has 0 spiro atoms. The van der Waals surface area contributed by atoms with E-state index in [1.54, 1.807) is 11.0 Å². The Labute approximate surface area is 251 Å². The second-order valence-electron chi connectivity index (χ2n) is 11.6. The Hall–Kier alpha value is -4.37. The highest BCUT2D eigenvalue weighted by molar-refractivity contribution is 5.95. The number of ether oxygens (including phenoxy) is 3. The summed E-state index contributed by atoms with van der Waals surface area (Å²) in [5, 5.41) is 3.11. The summed E-state index contributed by atoms with van der Waals surface area (Å²) in [5.41, 5.74) is 3.21. The van der Waals surface area contributed by atoms with E-state index in [-0.39, 0.29) is 30.5 Å². The third kappa shape index (κ3) is 6.67. The number of carbonyl (C=O) groups excluding carboxylic acids is 3. The Kier molecular flexibility index (Phi) is 8.60. The maximum Gasteiger partial charge on any atom is 0.408 e. The van der Waals surface area contributed by atoms with Gasteiger partial charge in [-0.2, -0.15) is 0 Å². The average molecular weight is 584 g/mol. The molecule has 7 rings (SSSR count). The number of carbonyl (C=O) groups is 3. The molecular weight excluding hydrogens is 546 g/mol. The zero-order valence-corrected chi connectivity index (χ0v) is 24.3. The van der Waals surface area contributed by atoms with Gasteiger partial charge in [0.2, 0.25) is 0 Å². The highest BCUT2D eigenvalue weighted by Gasteiger charge is 2.38. The van der Waals surface area contributed by atoms with Gasteiger partial charge in [0.05, 0.1) is 19.1 Å². The standard InChI is InChI=1S/C34H37N3O6/c1-41-33(39)28-19-37(20-28)32(38)27-11-5-7-23(17-27)22-42-29-12-6-10-26(18-29)31(25-8-3-2-4-9-25)35-34(40)43-30-21-36-15-13-24(30)14-16-36/h2-12,17-18,24,28,30-31H,13-16,19-22H2,1H3,(H,35,40)/t30-,31-/m0/s1.